The molecule has 0 nitrogen and oxygen atoms in total. The van der Waals surface area contributed by atoms with Crippen molar-refractivity contribution in [2.45, 2.75) is 20.3 Å². The summed E-state index contributed by atoms with van der Waals surface area (Å²) in [5.41, 5.74) is 3.91. The topological polar surface area (TPSA) is 0 Å². The predicted octanol–water partition coefficient (Wildman–Crippen LogP) is 4.03. The smallest absolute Gasteiger partial charge is 0.0258 e. The molecule has 0 spiro atoms. The second kappa shape index (κ2) is 5.08. The minimum atomic E-state index is 0.698. The van der Waals surface area contributed by atoms with E-state index in [0.29, 0.717) is 5.88 Å². The van der Waals surface area contributed by atoms with Crippen LogP contribution in [0.5, 0.6) is 0 Å². The van der Waals surface area contributed by atoms with Gasteiger partial charge in [-0.15, -0.1) is 11.6 Å². The molecule has 0 saturated heterocycles. The van der Waals surface area contributed by atoms with Crippen molar-refractivity contribution in [2.75, 3.05) is 5.88 Å². The third-order valence-electron chi connectivity index (χ3n) is 2.03. The lowest BCUT2D eigenvalue weighted by atomic mass is 10.0. The van der Waals surface area contributed by atoms with E-state index in [2.05, 4.69) is 44.2 Å². The molecular weight excluding hydrogens is 180 g/mol. The number of hydrogen-bond donors (Lipinski definition) is 0. The van der Waals surface area contributed by atoms with Crippen molar-refractivity contribution in [3.63, 3.8) is 0 Å². The fourth-order valence-corrected chi connectivity index (χ4v) is 1.39. The molecule has 0 saturated carbocycles. The maximum Gasteiger partial charge on any atom is 0.0258 e. The van der Waals surface area contributed by atoms with E-state index in [1.165, 1.54) is 16.7 Å². The Labute approximate surface area is 85.2 Å². The second-order valence-corrected chi connectivity index (χ2v) is 3.61. The standard InChI is InChI=1S/C12H15Cl/c1-10-5-3-7-12(9-10)11(2)6-4-8-13/h3,5-7,9H,4,8H2,1-2H3. The maximum absolute atomic E-state index is 5.62. The van der Waals surface area contributed by atoms with Crippen LogP contribution in [0.1, 0.15) is 24.5 Å². The van der Waals surface area contributed by atoms with Crippen molar-refractivity contribution < 1.29 is 0 Å². The van der Waals surface area contributed by atoms with E-state index in [1.807, 2.05) is 0 Å². The Morgan fingerprint density at radius 1 is 1.46 bits per heavy atom. The third kappa shape index (κ3) is 3.23. The van der Waals surface area contributed by atoms with Crippen molar-refractivity contribution in [3.05, 3.63) is 41.5 Å². The summed E-state index contributed by atoms with van der Waals surface area (Å²) in [6.07, 6.45) is 3.13. The van der Waals surface area contributed by atoms with Crippen molar-refractivity contribution in [1.82, 2.24) is 0 Å². The summed E-state index contributed by atoms with van der Waals surface area (Å²) in [6, 6.07) is 8.52. The van der Waals surface area contributed by atoms with Crippen LogP contribution in [0.4, 0.5) is 0 Å². The molecule has 0 amide bonds. The molecular formula is C12H15Cl. The Morgan fingerprint density at radius 2 is 2.23 bits per heavy atom. The van der Waals surface area contributed by atoms with Gasteiger partial charge in [0.2, 0.25) is 0 Å². The normalized spacial score (nSPS) is 11.8. The molecule has 1 heteroatoms. The Hall–Kier alpha value is -0.750. The van der Waals surface area contributed by atoms with Gasteiger partial charge in [0.15, 0.2) is 0 Å². The van der Waals surface area contributed by atoms with Crippen LogP contribution in [0.3, 0.4) is 0 Å². The molecule has 1 rings (SSSR count). The zero-order valence-corrected chi connectivity index (χ0v) is 8.93. The molecule has 0 aliphatic carbocycles. The first kappa shape index (κ1) is 10.3. The Balaban J connectivity index is 2.82. The molecule has 0 aromatic heterocycles. The first-order chi connectivity index (χ1) is 6.24. The first-order valence-corrected chi connectivity index (χ1v) is 5.07. The van der Waals surface area contributed by atoms with Crippen LogP contribution in [0.15, 0.2) is 30.3 Å². The lowest BCUT2D eigenvalue weighted by Crippen LogP contribution is -1.81. The highest BCUT2D eigenvalue weighted by atomic mass is 35.5. The molecule has 70 valence electrons. The van der Waals surface area contributed by atoms with Crippen molar-refractivity contribution >= 4 is 17.2 Å². The number of halogens is 1. The number of alkyl halides is 1. The maximum atomic E-state index is 5.62. The molecule has 13 heavy (non-hydrogen) atoms. The average molecular weight is 195 g/mol. The Bertz CT molecular complexity index is 300. The van der Waals surface area contributed by atoms with Crippen LogP contribution in [-0.2, 0) is 0 Å². The van der Waals surface area contributed by atoms with Gasteiger partial charge in [0, 0.05) is 5.88 Å². The molecule has 0 aliphatic rings. The molecule has 1 aromatic carbocycles. The van der Waals surface area contributed by atoms with Crippen LogP contribution in [-0.4, -0.2) is 5.88 Å². The first-order valence-electron chi connectivity index (χ1n) is 4.54. The molecule has 1 aromatic rings. The summed E-state index contributed by atoms with van der Waals surface area (Å²) < 4.78 is 0. The monoisotopic (exact) mass is 194 g/mol. The summed E-state index contributed by atoms with van der Waals surface area (Å²) in [6.45, 7) is 4.24. The number of hydrogen-bond acceptors (Lipinski definition) is 0. The van der Waals surface area contributed by atoms with Crippen molar-refractivity contribution in [3.8, 4) is 0 Å². The van der Waals surface area contributed by atoms with Crippen LogP contribution >= 0.6 is 11.6 Å². The van der Waals surface area contributed by atoms with Crippen LogP contribution < -0.4 is 0 Å². The fraction of sp³-hybridized carbons (Fsp3) is 0.333. The predicted molar refractivity (Wildman–Crippen MR) is 60.2 cm³/mol. The fourth-order valence-electron chi connectivity index (χ4n) is 1.28. The molecule has 0 atom stereocenters. The molecule has 0 bridgehead atoms. The van der Waals surface area contributed by atoms with Crippen molar-refractivity contribution in [2.24, 2.45) is 0 Å². The highest BCUT2D eigenvalue weighted by Gasteiger charge is 1.94. The number of aryl methyl sites for hydroxylation is 1. The highest BCUT2D eigenvalue weighted by molar-refractivity contribution is 6.17. The molecule has 0 N–H and O–H groups in total. The van der Waals surface area contributed by atoms with Gasteiger partial charge >= 0.3 is 0 Å². The van der Waals surface area contributed by atoms with Gasteiger partial charge in [-0.25, -0.2) is 0 Å². The minimum Gasteiger partial charge on any atom is -0.126 e. The lowest BCUT2D eigenvalue weighted by molar-refractivity contribution is 1.23. The van der Waals surface area contributed by atoms with Crippen molar-refractivity contribution in [1.29, 1.82) is 0 Å². The van der Waals surface area contributed by atoms with Gasteiger partial charge in [-0.1, -0.05) is 35.9 Å². The molecule has 0 aliphatic heterocycles. The Kier molecular flexibility index (Phi) is 4.04. The van der Waals surface area contributed by atoms with Gasteiger partial charge in [-0.2, -0.15) is 0 Å². The van der Waals surface area contributed by atoms with E-state index >= 15 is 0 Å². The van der Waals surface area contributed by atoms with Gasteiger partial charge in [-0.05, 0) is 31.4 Å². The molecule has 0 unspecified atom stereocenters. The van der Waals surface area contributed by atoms with Gasteiger partial charge in [0.05, 0.1) is 0 Å². The highest BCUT2D eigenvalue weighted by Crippen LogP contribution is 2.15. The summed E-state index contributed by atoms with van der Waals surface area (Å²) in [5, 5.41) is 0. The summed E-state index contributed by atoms with van der Waals surface area (Å²) in [5.74, 6) is 0.698. The summed E-state index contributed by atoms with van der Waals surface area (Å²) >= 11 is 5.62. The molecule has 0 fully saturated rings. The van der Waals surface area contributed by atoms with Crippen LogP contribution in [0, 0.1) is 6.92 Å². The van der Waals surface area contributed by atoms with Crippen LogP contribution in [0.2, 0.25) is 0 Å². The van der Waals surface area contributed by atoms with E-state index in [4.69, 9.17) is 11.6 Å². The van der Waals surface area contributed by atoms with E-state index in [-0.39, 0.29) is 0 Å². The largest absolute Gasteiger partial charge is 0.126 e. The zero-order chi connectivity index (χ0) is 9.68. The number of benzene rings is 1. The summed E-state index contributed by atoms with van der Waals surface area (Å²) in [7, 11) is 0. The van der Waals surface area contributed by atoms with Gasteiger partial charge in [0.1, 0.15) is 0 Å². The lowest BCUT2D eigenvalue weighted by Gasteiger charge is -2.02. The van der Waals surface area contributed by atoms with E-state index < -0.39 is 0 Å². The SMILES string of the molecule is CC(=CCCCl)c1cccc(C)c1. The molecule has 0 heterocycles. The average Bonchev–Trinajstić information content (AvgIpc) is 2.14. The Morgan fingerprint density at radius 3 is 2.85 bits per heavy atom. The van der Waals surface area contributed by atoms with E-state index in [0.717, 1.165) is 6.42 Å². The third-order valence-corrected chi connectivity index (χ3v) is 2.25. The van der Waals surface area contributed by atoms with Gasteiger partial charge in [-0.3, -0.25) is 0 Å². The van der Waals surface area contributed by atoms with Gasteiger partial charge in [0.25, 0.3) is 0 Å². The number of allylic oxidation sites excluding steroid dienone is 2. The van der Waals surface area contributed by atoms with Gasteiger partial charge < -0.3 is 0 Å². The van der Waals surface area contributed by atoms with E-state index in [1.54, 1.807) is 0 Å². The van der Waals surface area contributed by atoms with E-state index in [9.17, 15) is 0 Å². The zero-order valence-electron chi connectivity index (χ0n) is 8.18. The quantitative estimate of drug-likeness (QED) is 0.638. The van der Waals surface area contributed by atoms with Crippen LogP contribution in [0.25, 0.3) is 5.57 Å². The second-order valence-electron chi connectivity index (χ2n) is 3.23. The minimum absolute atomic E-state index is 0.698. The summed E-state index contributed by atoms with van der Waals surface area (Å²) in [4.78, 5) is 0. The molecule has 0 radical (unpaired) electrons. The number of rotatable bonds is 3.